The van der Waals surface area contributed by atoms with Crippen LogP contribution in [0.5, 0.6) is 0 Å². The second kappa shape index (κ2) is 8.22. The molecular weight excluding hydrogens is 378 g/mol. The van der Waals surface area contributed by atoms with E-state index in [1.165, 1.54) is 11.3 Å². The Morgan fingerprint density at radius 1 is 1.32 bits per heavy atom. The van der Waals surface area contributed by atoms with E-state index >= 15 is 0 Å². The average Bonchev–Trinajstić information content (AvgIpc) is 3.38. The summed E-state index contributed by atoms with van der Waals surface area (Å²) in [7, 11) is 0. The van der Waals surface area contributed by atoms with Gasteiger partial charge in [-0.25, -0.2) is 4.98 Å². The Bertz CT molecular complexity index is 931. The van der Waals surface area contributed by atoms with Gasteiger partial charge in [0, 0.05) is 36.6 Å². The van der Waals surface area contributed by atoms with Crippen LogP contribution >= 0.6 is 11.3 Å². The van der Waals surface area contributed by atoms with Crippen LogP contribution in [0.15, 0.2) is 41.1 Å². The highest BCUT2D eigenvalue weighted by Crippen LogP contribution is 2.36. The number of nitrogens with zero attached hydrogens (tertiary/aromatic N) is 2. The fraction of sp³-hybridized carbons (Fsp3) is 0.350. The monoisotopic (exact) mass is 399 g/mol. The lowest BCUT2D eigenvalue weighted by Crippen LogP contribution is -2.23. The summed E-state index contributed by atoms with van der Waals surface area (Å²) in [6.07, 6.45) is 3.60. The van der Waals surface area contributed by atoms with Gasteiger partial charge in [0.05, 0.1) is 6.26 Å². The van der Waals surface area contributed by atoms with Crippen molar-refractivity contribution >= 4 is 22.3 Å². The van der Waals surface area contributed by atoms with Gasteiger partial charge in [0.15, 0.2) is 22.9 Å². The van der Waals surface area contributed by atoms with Crippen LogP contribution in [0.3, 0.4) is 0 Å². The second-order valence-electron chi connectivity index (χ2n) is 6.70. The molecule has 0 saturated carbocycles. The predicted octanol–water partition coefficient (Wildman–Crippen LogP) is 3.82. The number of aromatic nitrogens is 2. The number of Topliss-reactive ketones (excluding diaryl/α,β-unsaturated/α-hetero) is 1. The van der Waals surface area contributed by atoms with Gasteiger partial charge in [-0.1, -0.05) is 17.4 Å². The number of pyridine rings is 1. The van der Waals surface area contributed by atoms with Crippen LogP contribution in [0.1, 0.15) is 40.0 Å². The van der Waals surface area contributed by atoms with Gasteiger partial charge >= 0.3 is 0 Å². The van der Waals surface area contributed by atoms with Crippen molar-refractivity contribution in [1.29, 1.82) is 0 Å². The number of aliphatic hydroxyl groups is 1. The number of hydrogen-bond acceptors (Lipinski definition) is 8. The van der Waals surface area contributed by atoms with Gasteiger partial charge in [-0.05, 0) is 38.0 Å². The fourth-order valence-corrected chi connectivity index (χ4v) is 4.13. The molecule has 1 unspecified atom stereocenters. The molecule has 0 aliphatic carbocycles. The summed E-state index contributed by atoms with van der Waals surface area (Å²) in [5.41, 5.74) is 2.00. The van der Waals surface area contributed by atoms with Gasteiger partial charge in [0.1, 0.15) is 10.6 Å². The van der Waals surface area contributed by atoms with Crippen LogP contribution < -0.4 is 5.32 Å². The Morgan fingerprint density at radius 3 is 2.82 bits per heavy atom. The number of nitrogens with one attached hydrogen (secondary N) is 1. The second-order valence-corrected chi connectivity index (χ2v) is 7.70. The number of furan rings is 1. The summed E-state index contributed by atoms with van der Waals surface area (Å²) < 4.78 is 10.8. The highest BCUT2D eigenvalue weighted by molar-refractivity contribution is 7.18. The minimum absolute atomic E-state index is 0.0479. The molecule has 4 heterocycles. The number of thiazole rings is 1. The Balaban J connectivity index is 1.61. The highest BCUT2D eigenvalue weighted by Gasteiger charge is 2.29. The minimum Gasteiger partial charge on any atom is -0.463 e. The molecule has 0 aromatic carbocycles. The van der Waals surface area contributed by atoms with Gasteiger partial charge in [0.2, 0.25) is 0 Å². The summed E-state index contributed by atoms with van der Waals surface area (Å²) in [5, 5.41) is 13.9. The van der Waals surface area contributed by atoms with Crippen molar-refractivity contribution in [3.63, 3.8) is 0 Å². The van der Waals surface area contributed by atoms with E-state index in [1.807, 2.05) is 13.0 Å². The number of aliphatic hydroxyl groups excluding tert-OH is 1. The number of hydrogen-bond donors (Lipinski definition) is 2. The standard InChI is InChI=1S/C20H21N3O4S/c1-12-4-5-14(11-21-12)19(25)23-20-22-16(15-3-2-8-27-15)18(28-20)17(24)13-6-9-26-10-7-13/h2-5,8,11,13,19,25H,6-7,9-10H2,1H3,(H,22,23). The molecule has 0 radical (unpaired) electrons. The number of carbonyl (C=O) groups excluding carboxylic acids is 1. The average molecular weight is 399 g/mol. The lowest BCUT2D eigenvalue weighted by atomic mass is 9.94. The Kier molecular flexibility index (Phi) is 5.52. The van der Waals surface area contributed by atoms with E-state index in [0.717, 1.165) is 5.69 Å². The Hall–Kier alpha value is -2.55. The molecule has 3 aromatic heterocycles. The molecule has 2 N–H and O–H groups in total. The maximum absolute atomic E-state index is 13.1. The number of rotatable bonds is 6. The van der Waals surface area contributed by atoms with Crippen molar-refractivity contribution in [3.8, 4) is 11.5 Å². The predicted molar refractivity (Wildman–Crippen MR) is 105 cm³/mol. The van der Waals surface area contributed by atoms with E-state index in [9.17, 15) is 9.90 Å². The molecule has 0 spiro atoms. The molecular formula is C20H21N3O4S. The third kappa shape index (κ3) is 3.99. The van der Waals surface area contributed by atoms with E-state index in [4.69, 9.17) is 9.15 Å². The van der Waals surface area contributed by atoms with Crippen LogP contribution in [-0.2, 0) is 4.74 Å². The third-order valence-corrected chi connectivity index (χ3v) is 5.71. The molecule has 1 aliphatic heterocycles. The topological polar surface area (TPSA) is 97.5 Å². The largest absolute Gasteiger partial charge is 0.463 e. The highest BCUT2D eigenvalue weighted by atomic mass is 32.1. The van der Waals surface area contributed by atoms with Crippen LogP contribution in [-0.4, -0.2) is 34.1 Å². The molecule has 0 amide bonds. The fourth-order valence-electron chi connectivity index (χ4n) is 3.12. The third-order valence-electron chi connectivity index (χ3n) is 4.71. The number of aryl methyl sites for hydroxylation is 1. The van der Waals surface area contributed by atoms with E-state index < -0.39 is 6.23 Å². The van der Waals surface area contributed by atoms with Crippen molar-refractivity contribution in [2.24, 2.45) is 5.92 Å². The van der Waals surface area contributed by atoms with E-state index in [-0.39, 0.29) is 11.7 Å². The van der Waals surface area contributed by atoms with Crippen molar-refractivity contribution in [2.45, 2.75) is 26.0 Å². The molecule has 8 heteroatoms. The van der Waals surface area contributed by atoms with E-state index in [0.29, 0.717) is 53.1 Å². The van der Waals surface area contributed by atoms with E-state index in [1.54, 1.807) is 30.7 Å². The SMILES string of the molecule is Cc1ccc(C(O)Nc2nc(-c3ccco3)c(C(=O)C3CCOCC3)s2)cn1. The first kappa shape index (κ1) is 18.8. The number of ether oxygens (including phenoxy) is 1. The molecule has 0 bridgehead atoms. The Morgan fingerprint density at radius 2 is 2.14 bits per heavy atom. The molecule has 7 nitrogen and oxygen atoms in total. The van der Waals surface area contributed by atoms with Gasteiger partial charge < -0.3 is 19.6 Å². The summed E-state index contributed by atoms with van der Waals surface area (Å²) in [4.78, 5) is 22.4. The molecule has 28 heavy (non-hydrogen) atoms. The maximum Gasteiger partial charge on any atom is 0.186 e. The molecule has 1 saturated heterocycles. The Labute approximate surface area is 166 Å². The van der Waals surface area contributed by atoms with Crippen LogP contribution in [0, 0.1) is 12.8 Å². The number of carbonyl (C=O) groups is 1. The minimum atomic E-state index is -0.977. The molecule has 4 rings (SSSR count). The van der Waals surface area contributed by atoms with Gasteiger partial charge in [0.25, 0.3) is 0 Å². The van der Waals surface area contributed by atoms with Crippen molar-refractivity contribution in [1.82, 2.24) is 9.97 Å². The van der Waals surface area contributed by atoms with E-state index in [2.05, 4.69) is 15.3 Å². The maximum atomic E-state index is 13.1. The van der Waals surface area contributed by atoms with Gasteiger partial charge in [-0.2, -0.15) is 0 Å². The quantitative estimate of drug-likeness (QED) is 0.480. The van der Waals surface area contributed by atoms with Crippen LogP contribution in [0.2, 0.25) is 0 Å². The zero-order valence-corrected chi connectivity index (χ0v) is 16.2. The van der Waals surface area contributed by atoms with Gasteiger partial charge in [-0.15, -0.1) is 0 Å². The zero-order chi connectivity index (χ0) is 19.5. The van der Waals surface area contributed by atoms with Crippen LogP contribution in [0.4, 0.5) is 5.13 Å². The zero-order valence-electron chi connectivity index (χ0n) is 15.4. The van der Waals surface area contributed by atoms with Crippen LogP contribution in [0.25, 0.3) is 11.5 Å². The smallest absolute Gasteiger partial charge is 0.186 e. The first-order valence-corrected chi connectivity index (χ1v) is 9.97. The molecule has 146 valence electrons. The summed E-state index contributed by atoms with van der Waals surface area (Å²) in [6, 6.07) is 7.17. The first-order chi connectivity index (χ1) is 13.6. The molecule has 3 aromatic rings. The van der Waals surface area contributed by atoms with Gasteiger partial charge in [-0.3, -0.25) is 9.78 Å². The summed E-state index contributed by atoms with van der Waals surface area (Å²) >= 11 is 1.23. The molecule has 1 aliphatic rings. The van der Waals surface area contributed by atoms with Crippen molar-refractivity contribution in [2.75, 3.05) is 18.5 Å². The normalized spacial score (nSPS) is 16.1. The molecule has 1 fully saturated rings. The lowest BCUT2D eigenvalue weighted by molar-refractivity contribution is 0.0547. The number of anilines is 1. The first-order valence-electron chi connectivity index (χ1n) is 9.15. The lowest BCUT2D eigenvalue weighted by Gasteiger charge is -2.20. The summed E-state index contributed by atoms with van der Waals surface area (Å²) in [5.74, 6) is 0.500. The summed E-state index contributed by atoms with van der Waals surface area (Å²) in [6.45, 7) is 3.07. The number of ketones is 1. The molecule has 1 atom stereocenters. The van der Waals surface area contributed by atoms with Crippen molar-refractivity contribution < 1.29 is 19.1 Å². The van der Waals surface area contributed by atoms with Crippen molar-refractivity contribution in [3.05, 3.63) is 52.9 Å².